The largest absolute Gasteiger partial charge is 0.494 e. The number of anilines is 1. The van der Waals surface area contributed by atoms with E-state index in [1.54, 1.807) is 28.9 Å². The molecule has 0 saturated carbocycles. The molecule has 222 valence electrons. The van der Waals surface area contributed by atoms with Crippen LogP contribution in [-0.2, 0) is 25.8 Å². The van der Waals surface area contributed by atoms with Crippen LogP contribution < -0.4 is 15.4 Å². The average molecular weight is 642 g/mol. The maximum absolute atomic E-state index is 14.2. The molecule has 3 aliphatic heterocycles. The summed E-state index contributed by atoms with van der Waals surface area (Å²) in [5.74, 6) is -2.20. The van der Waals surface area contributed by atoms with Gasteiger partial charge in [0.05, 0.1) is 42.7 Å². The lowest BCUT2D eigenvalue weighted by molar-refractivity contribution is -0.145. The summed E-state index contributed by atoms with van der Waals surface area (Å²) in [6.45, 7) is 3.96. The molecule has 3 saturated heterocycles. The fraction of sp³-hybridized carbons (Fsp3) is 0.483. The maximum Gasteiger partial charge on any atom is 0.247 e. The summed E-state index contributed by atoms with van der Waals surface area (Å²) in [5, 5.41) is 24.4. The molecule has 3 aromatic rings. The summed E-state index contributed by atoms with van der Waals surface area (Å²) in [5.41, 5.74) is 0.758. The zero-order chi connectivity index (χ0) is 29.6. The summed E-state index contributed by atoms with van der Waals surface area (Å²) < 4.78 is 13.6. The normalized spacial score (nSPS) is 28.6. The molecule has 3 unspecified atom stereocenters. The number of nitrogens with one attached hydrogen (secondary N) is 2. The van der Waals surface area contributed by atoms with Crippen LogP contribution in [0.2, 0.25) is 0 Å². The van der Waals surface area contributed by atoms with Crippen molar-refractivity contribution in [2.45, 2.75) is 62.0 Å². The van der Waals surface area contributed by atoms with Gasteiger partial charge < -0.3 is 30.1 Å². The fourth-order valence-corrected chi connectivity index (χ4v) is 7.73. The van der Waals surface area contributed by atoms with Gasteiger partial charge in [-0.05, 0) is 56.2 Å². The first kappa shape index (κ1) is 28.6. The number of nitrogens with zero attached hydrogens (tertiary/aromatic N) is 4. The van der Waals surface area contributed by atoms with Crippen molar-refractivity contribution in [2.24, 2.45) is 11.8 Å². The zero-order valence-corrected chi connectivity index (χ0v) is 24.9. The second-order valence-corrected chi connectivity index (χ2v) is 12.1. The predicted octanol–water partition coefficient (Wildman–Crippen LogP) is 2.06. The summed E-state index contributed by atoms with van der Waals surface area (Å²) in [6.07, 6.45) is 0.184. The minimum absolute atomic E-state index is 0.0252. The number of aliphatic hydroxyl groups excluding tert-OH is 1. The Morgan fingerprint density at radius 1 is 1.19 bits per heavy atom. The molecule has 0 aliphatic carbocycles. The Balaban J connectivity index is 1.29. The number of aromatic nitrogens is 3. The number of amides is 3. The van der Waals surface area contributed by atoms with E-state index in [-0.39, 0.29) is 29.9 Å². The highest BCUT2D eigenvalue weighted by Gasteiger charge is 2.77. The van der Waals surface area contributed by atoms with E-state index in [2.05, 4.69) is 36.9 Å². The molecule has 3 N–H and O–H groups in total. The number of halogens is 1. The van der Waals surface area contributed by atoms with Crippen molar-refractivity contribution in [3.63, 3.8) is 0 Å². The molecule has 4 heterocycles. The van der Waals surface area contributed by atoms with Gasteiger partial charge in [-0.2, -0.15) is 0 Å². The number of rotatable bonds is 10. The van der Waals surface area contributed by atoms with E-state index in [9.17, 15) is 19.5 Å². The third kappa shape index (κ3) is 4.54. The smallest absolute Gasteiger partial charge is 0.247 e. The number of hydrogen-bond donors (Lipinski definition) is 3. The Morgan fingerprint density at radius 2 is 1.95 bits per heavy atom. The molecular weight excluding hydrogens is 608 g/mol. The van der Waals surface area contributed by atoms with Crippen LogP contribution in [0.3, 0.4) is 0 Å². The SMILES string of the molecule is CCOc1ccc(NC(=O)[C@H]2[C@@H]3OC4(CC3Br)C(C(=O)NCn3nnc5ccccc53)N([C@@H](CC)CO)C(=O)[C@H]24)cc1. The molecule has 2 aromatic carbocycles. The molecule has 1 spiro atoms. The van der Waals surface area contributed by atoms with E-state index in [1.807, 2.05) is 38.1 Å². The summed E-state index contributed by atoms with van der Waals surface area (Å²) >= 11 is 3.68. The predicted molar refractivity (Wildman–Crippen MR) is 156 cm³/mol. The van der Waals surface area contributed by atoms with Crippen LogP contribution in [0.1, 0.15) is 26.7 Å². The van der Waals surface area contributed by atoms with Gasteiger partial charge >= 0.3 is 0 Å². The molecular formula is C29H33BrN6O6. The number of hydrogen-bond acceptors (Lipinski definition) is 8. The number of ether oxygens (including phenoxy) is 2. The second kappa shape index (κ2) is 11.3. The molecule has 1 aromatic heterocycles. The number of alkyl halides is 1. The van der Waals surface area contributed by atoms with Crippen LogP contribution in [0.15, 0.2) is 48.5 Å². The van der Waals surface area contributed by atoms with Gasteiger partial charge in [-0.3, -0.25) is 14.4 Å². The second-order valence-electron chi connectivity index (χ2n) is 10.9. The number of carbonyl (C=O) groups excluding carboxylic acids is 3. The van der Waals surface area contributed by atoms with Crippen LogP contribution in [0, 0.1) is 11.8 Å². The molecule has 42 heavy (non-hydrogen) atoms. The molecule has 6 rings (SSSR count). The molecule has 13 heteroatoms. The minimum Gasteiger partial charge on any atom is -0.494 e. The zero-order valence-electron chi connectivity index (χ0n) is 23.3. The lowest BCUT2D eigenvalue weighted by atomic mass is 9.70. The molecule has 3 amide bonds. The Labute approximate surface area is 250 Å². The lowest BCUT2D eigenvalue weighted by Gasteiger charge is -2.36. The van der Waals surface area contributed by atoms with Crippen molar-refractivity contribution in [2.75, 3.05) is 18.5 Å². The molecule has 3 fully saturated rings. The van der Waals surface area contributed by atoms with Crippen LogP contribution in [0.25, 0.3) is 11.0 Å². The Morgan fingerprint density at radius 3 is 2.67 bits per heavy atom. The number of likely N-dealkylation sites (tertiary alicyclic amines) is 1. The number of aliphatic hydroxyl groups is 1. The van der Waals surface area contributed by atoms with Gasteiger partial charge in [-0.25, -0.2) is 4.68 Å². The van der Waals surface area contributed by atoms with Crippen molar-refractivity contribution in [3.8, 4) is 5.75 Å². The van der Waals surface area contributed by atoms with Gasteiger partial charge in [0.2, 0.25) is 17.7 Å². The van der Waals surface area contributed by atoms with E-state index in [0.29, 0.717) is 36.4 Å². The first-order valence-corrected chi connectivity index (χ1v) is 15.1. The number of benzene rings is 2. The summed E-state index contributed by atoms with van der Waals surface area (Å²) in [4.78, 5) is 43.1. The molecule has 7 atom stereocenters. The van der Waals surface area contributed by atoms with Gasteiger partial charge in [-0.1, -0.05) is 40.2 Å². The summed E-state index contributed by atoms with van der Waals surface area (Å²) in [6, 6.07) is 12.7. The molecule has 0 radical (unpaired) electrons. The molecule has 3 aliphatic rings. The van der Waals surface area contributed by atoms with Crippen LogP contribution in [0.4, 0.5) is 5.69 Å². The maximum atomic E-state index is 14.2. The Hall–Kier alpha value is -3.55. The van der Waals surface area contributed by atoms with Crippen molar-refractivity contribution in [3.05, 3.63) is 48.5 Å². The highest BCUT2D eigenvalue weighted by atomic mass is 79.9. The Kier molecular flexibility index (Phi) is 7.66. The van der Waals surface area contributed by atoms with Gasteiger partial charge in [0.1, 0.15) is 29.6 Å². The summed E-state index contributed by atoms with van der Waals surface area (Å²) in [7, 11) is 0. The minimum atomic E-state index is -1.24. The third-order valence-corrected chi connectivity index (χ3v) is 9.45. The monoisotopic (exact) mass is 640 g/mol. The van der Waals surface area contributed by atoms with E-state index >= 15 is 0 Å². The number of para-hydroxylation sites is 1. The third-order valence-electron chi connectivity index (χ3n) is 8.61. The lowest BCUT2D eigenvalue weighted by Crippen LogP contribution is -2.58. The van der Waals surface area contributed by atoms with Gasteiger partial charge in [0, 0.05) is 10.5 Å². The average Bonchev–Trinajstić information content (AvgIpc) is 3.71. The standard InChI is InChI=1S/C29H33BrN6O6/c1-3-17(14-37)36-25(27(39)31-15-35-21-8-6-5-7-20(21)33-34-35)29-13-19(30)24(42-29)22(23(29)28(36)40)26(38)32-16-9-11-18(12-10-16)41-4-2/h5-12,17,19,22-25,37H,3-4,13-15H2,1-2H3,(H,31,39)(H,32,38)/t17-,19?,22+,23-,24+,25?,29?/m0/s1. The molecule has 12 nitrogen and oxygen atoms in total. The quantitative estimate of drug-likeness (QED) is 0.285. The van der Waals surface area contributed by atoms with E-state index in [4.69, 9.17) is 9.47 Å². The van der Waals surface area contributed by atoms with Crippen LogP contribution in [0.5, 0.6) is 5.75 Å². The van der Waals surface area contributed by atoms with E-state index < -0.39 is 41.5 Å². The number of carbonyl (C=O) groups is 3. The Bertz CT molecular complexity index is 1500. The van der Waals surface area contributed by atoms with Crippen LogP contribution >= 0.6 is 15.9 Å². The number of fused-ring (bicyclic) bond motifs is 2. The highest BCUT2D eigenvalue weighted by Crippen LogP contribution is 2.60. The van der Waals surface area contributed by atoms with Crippen molar-refractivity contribution < 1.29 is 29.0 Å². The van der Waals surface area contributed by atoms with Crippen molar-refractivity contribution >= 4 is 50.4 Å². The fourth-order valence-electron chi connectivity index (χ4n) is 6.78. The first-order valence-electron chi connectivity index (χ1n) is 14.2. The van der Waals surface area contributed by atoms with Crippen molar-refractivity contribution in [1.82, 2.24) is 25.2 Å². The first-order chi connectivity index (χ1) is 20.3. The molecule has 2 bridgehead atoms. The van der Waals surface area contributed by atoms with E-state index in [0.717, 1.165) is 5.52 Å². The highest BCUT2D eigenvalue weighted by molar-refractivity contribution is 9.09. The van der Waals surface area contributed by atoms with Gasteiger partial charge in [-0.15, -0.1) is 5.10 Å². The van der Waals surface area contributed by atoms with Crippen LogP contribution in [-0.4, -0.2) is 84.6 Å². The van der Waals surface area contributed by atoms with E-state index in [1.165, 1.54) is 4.90 Å². The van der Waals surface area contributed by atoms with Gasteiger partial charge in [0.25, 0.3) is 0 Å². The van der Waals surface area contributed by atoms with Gasteiger partial charge in [0.15, 0.2) is 0 Å². The topological polar surface area (TPSA) is 148 Å². The van der Waals surface area contributed by atoms with Crippen molar-refractivity contribution in [1.29, 1.82) is 0 Å².